The highest BCUT2D eigenvalue weighted by Crippen LogP contribution is 2.42. The van der Waals surface area contributed by atoms with Crippen molar-refractivity contribution in [3.8, 4) is 45.4 Å². The lowest BCUT2D eigenvalue weighted by Crippen LogP contribution is -2.40. The number of methoxy groups -OCH3 is 2. The molecule has 50 heavy (non-hydrogen) atoms. The molecule has 2 saturated heterocycles. The third-order valence-corrected chi connectivity index (χ3v) is 10.2. The Balaban J connectivity index is 1.19. The molecular weight excluding hydrogens is 677 g/mol. The fourth-order valence-electron chi connectivity index (χ4n) is 6.78. The van der Waals surface area contributed by atoms with E-state index in [4.69, 9.17) is 42.6 Å². The molecule has 0 saturated carbocycles. The second kappa shape index (κ2) is 16.1. The number of aromatic nitrogens is 4. The molecule has 0 aliphatic carbocycles. The highest BCUT2D eigenvalue weighted by molar-refractivity contribution is 6.39. The monoisotopic (exact) mass is 717 g/mol. The van der Waals surface area contributed by atoms with Gasteiger partial charge < -0.3 is 25.0 Å². The van der Waals surface area contributed by atoms with E-state index in [9.17, 15) is 9.59 Å². The van der Waals surface area contributed by atoms with E-state index in [1.165, 1.54) is 0 Å². The Morgan fingerprint density at radius 1 is 0.920 bits per heavy atom. The Morgan fingerprint density at radius 2 is 1.52 bits per heavy atom. The fraction of sp³-hybridized carbons (Fsp3) is 0.405. The van der Waals surface area contributed by atoms with Crippen LogP contribution in [0, 0.1) is 0 Å². The number of benzene rings is 2. The summed E-state index contributed by atoms with van der Waals surface area (Å²) in [6.07, 6.45) is 9.29. The molecule has 6 rings (SSSR count). The zero-order valence-electron chi connectivity index (χ0n) is 28.5. The quantitative estimate of drug-likeness (QED) is 0.164. The number of rotatable bonds is 13. The molecule has 0 unspecified atom stereocenters. The van der Waals surface area contributed by atoms with Gasteiger partial charge >= 0.3 is 0 Å². The van der Waals surface area contributed by atoms with Crippen LogP contribution >= 0.6 is 23.2 Å². The summed E-state index contributed by atoms with van der Waals surface area (Å²) in [6.45, 7) is 3.54. The highest BCUT2D eigenvalue weighted by atomic mass is 35.5. The number of nitrogens with one attached hydrogen (secondary N) is 2. The number of carbonyl (C=O) groups is 2. The number of hydrogen-bond acceptors (Lipinski definition) is 9. The van der Waals surface area contributed by atoms with Gasteiger partial charge in [-0.2, -0.15) is 0 Å². The first-order valence-corrected chi connectivity index (χ1v) is 17.7. The number of aryl methyl sites for hydroxylation is 1. The zero-order chi connectivity index (χ0) is 35.2. The van der Waals surface area contributed by atoms with E-state index < -0.39 is 0 Å². The van der Waals surface area contributed by atoms with E-state index in [1.807, 2.05) is 41.3 Å². The van der Waals surface area contributed by atoms with E-state index in [1.54, 1.807) is 33.5 Å². The van der Waals surface area contributed by atoms with Crippen LogP contribution in [-0.2, 0) is 22.6 Å². The third kappa shape index (κ3) is 7.85. The first kappa shape index (κ1) is 35.5. The summed E-state index contributed by atoms with van der Waals surface area (Å²) in [7, 11) is 3.15. The van der Waals surface area contributed by atoms with Gasteiger partial charge in [0.1, 0.15) is 11.4 Å². The Morgan fingerprint density at radius 3 is 2.10 bits per heavy atom. The Hall–Kier alpha value is -4.32. The summed E-state index contributed by atoms with van der Waals surface area (Å²) in [5.74, 6) is 1.07. The van der Waals surface area contributed by atoms with Crippen LogP contribution < -0.4 is 20.1 Å². The van der Waals surface area contributed by atoms with Gasteiger partial charge in [-0.1, -0.05) is 59.6 Å². The van der Waals surface area contributed by atoms with E-state index in [0.29, 0.717) is 75.9 Å². The molecule has 13 heteroatoms. The van der Waals surface area contributed by atoms with Crippen LogP contribution in [0.2, 0.25) is 10.0 Å². The predicted octanol–water partition coefficient (Wildman–Crippen LogP) is 6.29. The van der Waals surface area contributed by atoms with Crippen LogP contribution in [0.25, 0.3) is 33.6 Å². The molecule has 0 spiro atoms. The van der Waals surface area contributed by atoms with Gasteiger partial charge in [0.05, 0.1) is 48.0 Å². The predicted molar refractivity (Wildman–Crippen MR) is 193 cm³/mol. The van der Waals surface area contributed by atoms with Gasteiger partial charge in [0.15, 0.2) is 0 Å². The summed E-state index contributed by atoms with van der Waals surface area (Å²) in [5.41, 5.74) is 5.39. The summed E-state index contributed by atoms with van der Waals surface area (Å²) in [5, 5.41) is 7.37. The number of amides is 2. The molecule has 4 heterocycles. The molecule has 0 bridgehead atoms. The minimum Gasteiger partial charge on any atom is -0.480 e. The number of halogens is 2. The largest absolute Gasteiger partial charge is 0.480 e. The summed E-state index contributed by atoms with van der Waals surface area (Å²) >= 11 is 14.1. The maximum absolute atomic E-state index is 11.9. The fourth-order valence-corrected chi connectivity index (χ4v) is 7.43. The summed E-state index contributed by atoms with van der Waals surface area (Å²) in [6, 6.07) is 11.8. The second-order valence-electron chi connectivity index (χ2n) is 12.6. The van der Waals surface area contributed by atoms with Crippen LogP contribution in [0.4, 0.5) is 0 Å². The van der Waals surface area contributed by atoms with Gasteiger partial charge in [0, 0.05) is 67.3 Å². The molecule has 2 atom stereocenters. The van der Waals surface area contributed by atoms with Crippen molar-refractivity contribution in [1.29, 1.82) is 0 Å². The molecule has 4 aromatic rings. The molecule has 2 aromatic carbocycles. The molecule has 2 aromatic heterocycles. The van der Waals surface area contributed by atoms with Gasteiger partial charge in [-0.3, -0.25) is 19.6 Å². The van der Waals surface area contributed by atoms with Crippen molar-refractivity contribution in [2.24, 2.45) is 0 Å². The number of likely N-dealkylation sites (tertiary alicyclic amines) is 1. The Kier molecular flexibility index (Phi) is 11.5. The normalized spacial score (nSPS) is 17.2. The molecule has 0 radical (unpaired) electrons. The SMILES string of the molecule is COc1nc(-c2cccc(-c3cccc(-c4cnc(CNC[C@H]5CCCN5C(C)=O)c(OC)n4)c3Cl)c2Cl)cnc1CCC[C@@H]1CCC(=O)N1. The van der Waals surface area contributed by atoms with Crippen LogP contribution in [0.5, 0.6) is 11.8 Å². The molecule has 2 aliphatic heterocycles. The van der Waals surface area contributed by atoms with Crippen molar-refractivity contribution in [3.63, 3.8) is 0 Å². The first-order valence-electron chi connectivity index (χ1n) is 16.9. The van der Waals surface area contributed by atoms with Crippen LogP contribution in [-0.4, -0.2) is 76.0 Å². The molecule has 2 amide bonds. The summed E-state index contributed by atoms with van der Waals surface area (Å²) < 4.78 is 11.2. The van der Waals surface area contributed by atoms with Crippen LogP contribution in [0.3, 0.4) is 0 Å². The maximum atomic E-state index is 11.9. The first-order chi connectivity index (χ1) is 24.3. The number of ether oxygens (including phenoxy) is 2. The molecule has 2 N–H and O–H groups in total. The van der Waals surface area contributed by atoms with Crippen molar-refractivity contribution in [1.82, 2.24) is 35.5 Å². The number of nitrogens with zero attached hydrogens (tertiary/aromatic N) is 5. The van der Waals surface area contributed by atoms with Crippen molar-refractivity contribution in [2.45, 2.75) is 70.5 Å². The van der Waals surface area contributed by atoms with Gasteiger partial charge in [-0.15, -0.1) is 0 Å². The molecule has 2 aliphatic rings. The molecule has 2 fully saturated rings. The average Bonchev–Trinajstić information content (AvgIpc) is 3.78. The van der Waals surface area contributed by atoms with E-state index in [2.05, 4.69) is 20.6 Å². The van der Waals surface area contributed by atoms with Gasteiger partial charge in [-0.05, 0) is 38.5 Å². The smallest absolute Gasteiger partial charge is 0.237 e. The number of carbonyl (C=O) groups excluding carboxylic acids is 2. The Bertz CT molecular complexity index is 1870. The second-order valence-corrected chi connectivity index (χ2v) is 13.3. The van der Waals surface area contributed by atoms with E-state index in [-0.39, 0.29) is 23.9 Å². The zero-order valence-corrected chi connectivity index (χ0v) is 30.0. The standard InChI is InChI=1S/C37H41Cl2N7O4/c1-22(47)46-17-7-9-24(46)18-40-19-32-37(50-3)45-31(21-42-32)28-13-6-11-26(35(28)39)25-10-5-12-27(34(25)38)30-20-41-29(36(44-30)49-2)14-4-8-23-15-16-33(48)43-23/h5-6,10-13,20-21,23-24,40H,4,7-9,14-19H2,1-3H3,(H,43,48)/t23-,24-/m1/s1. The lowest BCUT2D eigenvalue weighted by atomic mass is 9.98. The number of hydrogen-bond donors (Lipinski definition) is 2. The minimum atomic E-state index is 0.103. The van der Waals surface area contributed by atoms with Crippen molar-refractivity contribution in [3.05, 3.63) is 70.2 Å². The van der Waals surface area contributed by atoms with Gasteiger partial charge in [0.25, 0.3) is 0 Å². The van der Waals surface area contributed by atoms with Crippen molar-refractivity contribution in [2.75, 3.05) is 27.3 Å². The van der Waals surface area contributed by atoms with Crippen LogP contribution in [0.15, 0.2) is 48.8 Å². The lowest BCUT2D eigenvalue weighted by Gasteiger charge is -2.23. The third-order valence-electron chi connectivity index (χ3n) is 9.35. The lowest BCUT2D eigenvalue weighted by molar-refractivity contribution is -0.129. The van der Waals surface area contributed by atoms with Gasteiger partial charge in [0.2, 0.25) is 23.6 Å². The molecule has 262 valence electrons. The van der Waals surface area contributed by atoms with Crippen molar-refractivity contribution < 1.29 is 19.1 Å². The minimum absolute atomic E-state index is 0.103. The van der Waals surface area contributed by atoms with E-state index in [0.717, 1.165) is 55.5 Å². The molecular formula is C37H41Cl2N7O4. The Labute approximate surface area is 302 Å². The van der Waals surface area contributed by atoms with Crippen molar-refractivity contribution >= 4 is 35.0 Å². The topological polar surface area (TPSA) is 131 Å². The highest BCUT2D eigenvalue weighted by Gasteiger charge is 2.26. The maximum Gasteiger partial charge on any atom is 0.237 e. The van der Waals surface area contributed by atoms with Crippen LogP contribution in [0.1, 0.15) is 56.8 Å². The van der Waals surface area contributed by atoms with Gasteiger partial charge in [-0.25, -0.2) is 9.97 Å². The van der Waals surface area contributed by atoms with E-state index >= 15 is 0 Å². The molecule has 11 nitrogen and oxygen atoms in total. The average molecular weight is 719 g/mol. The summed E-state index contributed by atoms with van der Waals surface area (Å²) in [4.78, 5) is 44.2.